The van der Waals surface area contributed by atoms with E-state index in [2.05, 4.69) is 29.6 Å². The molecular formula is C24H24N4OS. The fraction of sp³-hybridized carbons (Fsp3) is 0.292. The van der Waals surface area contributed by atoms with E-state index in [-0.39, 0.29) is 0 Å². The number of thiazole rings is 1. The Kier molecular flexibility index (Phi) is 5.43. The molecule has 152 valence electrons. The average Bonchev–Trinajstić information content (AvgIpc) is 3.55. The van der Waals surface area contributed by atoms with Gasteiger partial charge >= 0.3 is 0 Å². The summed E-state index contributed by atoms with van der Waals surface area (Å²) in [5, 5.41) is 14.9. The molecule has 1 aliphatic rings. The molecule has 0 spiro atoms. The Balaban J connectivity index is 1.36. The molecular weight excluding hydrogens is 392 g/mol. The number of benzene rings is 2. The summed E-state index contributed by atoms with van der Waals surface area (Å²) < 4.78 is 0. The minimum Gasteiger partial charge on any atom is -0.388 e. The van der Waals surface area contributed by atoms with Crippen LogP contribution in [0.2, 0.25) is 0 Å². The third-order valence-corrected chi connectivity index (χ3v) is 6.30. The van der Waals surface area contributed by atoms with Crippen molar-refractivity contribution in [2.45, 2.75) is 37.7 Å². The molecule has 1 aliphatic carbocycles. The first-order chi connectivity index (χ1) is 14.8. The Labute approximate surface area is 179 Å². The zero-order chi connectivity index (χ0) is 20.3. The topological polar surface area (TPSA) is 70.9 Å². The Morgan fingerprint density at radius 2 is 1.70 bits per heavy atom. The number of hydrogen-bond acceptors (Lipinski definition) is 6. The van der Waals surface area contributed by atoms with Crippen LogP contribution in [0.15, 0.2) is 60.7 Å². The van der Waals surface area contributed by atoms with Gasteiger partial charge < -0.3 is 10.4 Å². The highest BCUT2D eigenvalue weighted by atomic mass is 32.1. The summed E-state index contributed by atoms with van der Waals surface area (Å²) in [7, 11) is 0. The van der Waals surface area contributed by atoms with Crippen LogP contribution >= 0.6 is 11.3 Å². The molecule has 5 rings (SSSR count). The molecule has 0 aliphatic heterocycles. The second kappa shape index (κ2) is 8.50. The van der Waals surface area contributed by atoms with E-state index in [1.165, 1.54) is 5.56 Å². The number of anilines is 1. The highest BCUT2D eigenvalue weighted by Gasteiger charge is 2.28. The van der Waals surface area contributed by atoms with Crippen LogP contribution in [0.25, 0.3) is 10.3 Å². The predicted octanol–water partition coefficient (Wildman–Crippen LogP) is 5.09. The van der Waals surface area contributed by atoms with Gasteiger partial charge in [0.15, 0.2) is 5.82 Å². The zero-order valence-corrected chi connectivity index (χ0v) is 17.5. The van der Waals surface area contributed by atoms with E-state index >= 15 is 0 Å². The third-order valence-electron chi connectivity index (χ3n) is 5.36. The molecule has 5 nitrogen and oxygen atoms in total. The van der Waals surface area contributed by atoms with E-state index in [9.17, 15) is 5.11 Å². The van der Waals surface area contributed by atoms with Crippen LogP contribution in [-0.4, -0.2) is 26.6 Å². The van der Waals surface area contributed by atoms with E-state index in [0.717, 1.165) is 51.8 Å². The molecule has 0 bridgehead atoms. The monoisotopic (exact) mass is 416 g/mol. The minimum absolute atomic E-state index is 0.476. The van der Waals surface area contributed by atoms with Gasteiger partial charge in [-0.2, -0.15) is 0 Å². The van der Waals surface area contributed by atoms with Crippen LogP contribution in [0, 0.1) is 0 Å². The first-order valence-electron chi connectivity index (χ1n) is 10.4. The molecule has 0 saturated heterocycles. The van der Waals surface area contributed by atoms with Gasteiger partial charge in [0.05, 0.1) is 11.1 Å². The van der Waals surface area contributed by atoms with Crippen molar-refractivity contribution in [2.24, 2.45) is 0 Å². The summed E-state index contributed by atoms with van der Waals surface area (Å²) in [5.41, 5.74) is 3.02. The van der Waals surface area contributed by atoms with E-state index in [1.807, 2.05) is 36.4 Å². The lowest BCUT2D eigenvalue weighted by Gasteiger charge is -2.12. The largest absolute Gasteiger partial charge is 0.388 e. The molecule has 2 aromatic heterocycles. The molecule has 30 heavy (non-hydrogen) atoms. The van der Waals surface area contributed by atoms with Crippen molar-refractivity contribution in [3.8, 4) is 0 Å². The summed E-state index contributed by atoms with van der Waals surface area (Å²) in [5.74, 6) is 2.19. The van der Waals surface area contributed by atoms with Gasteiger partial charge in [-0.3, -0.25) is 0 Å². The molecule has 2 heterocycles. The predicted molar refractivity (Wildman–Crippen MR) is 121 cm³/mol. The van der Waals surface area contributed by atoms with E-state index in [4.69, 9.17) is 15.0 Å². The van der Waals surface area contributed by atoms with Gasteiger partial charge in [-0.05, 0) is 30.4 Å². The quantitative estimate of drug-likeness (QED) is 0.419. The molecule has 0 radical (unpaired) electrons. The maximum atomic E-state index is 10.4. The van der Waals surface area contributed by atoms with Crippen LogP contribution in [-0.2, 0) is 6.42 Å². The number of hydrogen-bond donors (Lipinski definition) is 2. The Morgan fingerprint density at radius 1 is 0.967 bits per heavy atom. The van der Waals surface area contributed by atoms with Gasteiger partial charge in [-0.15, -0.1) is 0 Å². The van der Waals surface area contributed by atoms with Gasteiger partial charge in [0.2, 0.25) is 0 Å². The fourth-order valence-electron chi connectivity index (χ4n) is 3.54. The first-order valence-corrected chi connectivity index (χ1v) is 11.3. The molecule has 4 aromatic rings. The number of nitrogens with zero attached hydrogens (tertiary/aromatic N) is 3. The number of aliphatic hydroxyl groups excluding tert-OH is 1. The van der Waals surface area contributed by atoms with E-state index in [1.54, 1.807) is 11.3 Å². The second-order valence-corrected chi connectivity index (χ2v) is 8.83. The number of rotatable bonds is 8. The summed E-state index contributed by atoms with van der Waals surface area (Å²) in [4.78, 5) is 15.4. The summed E-state index contributed by atoms with van der Waals surface area (Å²) in [6.07, 6.45) is 3.23. The molecule has 1 fully saturated rings. The van der Waals surface area contributed by atoms with Gasteiger partial charge in [-0.1, -0.05) is 72.0 Å². The lowest BCUT2D eigenvalue weighted by Crippen LogP contribution is -2.10. The smallest absolute Gasteiger partial charge is 0.157 e. The summed E-state index contributed by atoms with van der Waals surface area (Å²) >= 11 is 1.65. The van der Waals surface area contributed by atoms with Crippen molar-refractivity contribution in [3.05, 3.63) is 82.6 Å². The molecule has 2 aromatic carbocycles. The van der Waals surface area contributed by atoms with Gasteiger partial charge in [0.1, 0.15) is 16.2 Å². The Hall–Kier alpha value is -2.83. The SMILES string of the molecule is OC(CCNc1nc(C2CC2)nc2sc(Cc3ccccc3)nc12)c1ccccc1. The summed E-state index contributed by atoms with van der Waals surface area (Å²) in [6, 6.07) is 20.1. The lowest BCUT2D eigenvalue weighted by atomic mass is 10.1. The molecule has 0 amide bonds. The normalized spacial score (nSPS) is 14.7. The molecule has 2 N–H and O–H groups in total. The highest BCUT2D eigenvalue weighted by molar-refractivity contribution is 7.18. The van der Waals surface area contributed by atoms with Gasteiger partial charge in [0, 0.05) is 18.9 Å². The van der Waals surface area contributed by atoms with E-state index < -0.39 is 6.10 Å². The van der Waals surface area contributed by atoms with Crippen LogP contribution < -0.4 is 5.32 Å². The van der Waals surface area contributed by atoms with Crippen LogP contribution in [0.3, 0.4) is 0 Å². The first kappa shape index (κ1) is 19.2. The van der Waals surface area contributed by atoms with Crippen LogP contribution in [0.5, 0.6) is 0 Å². The fourth-order valence-corrected chi connectivity index (χ4v) is 4.52. The van der Waals surface area contributed by atoms with E-state index in [0.29, 0.717) is 18.9 Å². The standard InChI is InChI=1S/C24H24N4OS/c29-19(17-9-5-2-6-10-17)13-14-25-23-21-24(28-22(27-23)18-11-12-18)30-20(26-21)15-16-7-3-1-4-8-16/h1-10,18-19,29H,11-15H2,(H,25,27,28). The maximum Gasteiger partial charge on any atom is 0.157 e. The van der Waals surface area contributed by atoms with Crippen molar-refractivity contribution >= 4 is 27.5 Å². The highest BCUT2D eigenvalue weighted by Crippen LogP contribution is 2.40. The summed E-state index contributed by atoms with van der Waals surface area (Å²) in [6.45, 7) is 0.623. The van der Waals surface area contributed by atoms with Crippen molar-refractivity contribution in [1.29, 1.82) is 0 Å². The molecule has 1 atom stereocenters. The van der Waals surface area contributed by atoms with Gasteiger partial charge in [-0.25, -0.2) is 15.0 Å². The Morgan fingerprint density at radius 3 is 2.43 bits per heavy atom. The number of aliphatic hydroxyl groups is 1. The lowest BCUT2D eigenvalue weighted by molar-refractivity contribution is 0.171. The molecule has 1 saturated carbocycles. The van der Waals surface area contributed by atoms with Crippen LogP contribution in [0.4, 0.5) is 5.82 Å². The number of fused-ring (bicyclic) bond motifs is 1. The molecule has 1 unspecified atom stereocenters. The van der Waals surface area contributed by atoms with Crippen molar-refractivity contribution in [1.82, 2.24) is 15.0 Å². The third kappa shape index (κ3) is 4.35. The average molecular weight is 417 g/mol. The maximum absolute atomic E-state index is 10.4. The number of nitrogens with one attached hydrogen (secondary N) is 1. The Bertz CT molecular complexity index is 1130. The van der Waals surface area contributed by atoms with Crippen molar-refractivity contribution < 1.29 is 5.11 Å². The van der Waals surface area contributed by atoms with Crippen LogP contribution in [0.1, 0.15) is 53.2 Å². The molecule has 6 heteroatoms. The van der Waals surface area contributed by atoms with Crippen molar-refractivity contribution in [3.63, 3.8) is 0 Å². The minimum atomic E-state index is -0.497. The zero-order valence-electron chi connectivity index (χ0n) is 16.7. The van der Waals surface area contributed by atoms with Crippen molar-refractivity contribution in [2.75, 3.05) is 11.9 Å². The van der Waals surface area contributed by atoms with Gasteiger partial charge in [0.25, 0.3) is 0 Å². The number of aromatic nitrogens is 3. The second-order valence-electron chi connectivity index (χ2n) is 7.77.